The molecule has 0 aliphatic rings. The number of methoxy groups -OCH3 is 2. The number of ether oxygens (including phenoxy) is 2. The summed E-state index contributed by atoms with van der Waals surface area (Å²) in [6.07, 6.45) is 0.829. The minimum atomic E-state index is -0.321. The Morgan fingerprint density at radius 2 is 1.88 bits per heavy atom. The van der Waals surface area contributed by atoms with Crippen LogP contribution in [0.25, 0.3) is 0 Å². The fourth-order valence-corrected chi connectivity index (χ4v) is 3.29. The average Bonchev–Trinajstić information content (AvgIpc) is 2.60. The number of para-hydroxylation sites is 1. The minimum Gasteiger partial charge on any atom is -0.493 e. The van der Waals surface area contributed by atoms with E-state index in [2.05, 4.69) is 12.2 Å². The molecule has 2 rings (SSSR count). The molecule has 25 heavy (non-hydrogen) atoms. The third-order valence-electron chi connectivity index (χ3n) is 3.65. The second-order valence-corrected chi connectivity index (χ2v) is 6.71. The van der Waals surface area contributed by atoms with Crippen molar-refractivity contribution in [1.82, 2.24) is 0 Å². The van der Waals surface area contributed by atoms with Crippen LogP contribution in [0.4, 0.5) is 5.69 Å². The van der Waals surface area contributed by atoms with E-state index in [-0.39, 0.29) is 17.7 Å². The number of primary amides is 1. The molecule has 0 fully saturated rings. The first-order valence-corrected chi connectivity index (χ1v) is 8.99. The summed E-state index contributed by atoms with van der Waals surface area (Å²) in [5, 5.41) is 3.50. The van der Waals surface area contributed by atoms with Crippen molar-refractivity contribution in [1.29, 1.82) is 0 Å². The maximum atomic E-state index is 11.0. The lowest BCUT2D eigenvalue weighted by molar-refractivity contribution is -0.115. The molecule has 1 atom stereocenters. The fraction of sp³-hybridized carbons (Fsp3) is 0.316. The summed E-state index contributed by atoms with van der Waals surface area (Å²) < 4.78 is 10.6. The van der Waals surface area contributed by atoms with Gasteiger partial charge in [-0.15, -0.1) is 11.8 Å². The highest BCUT2D eigenvalue weighted by Crippen LogP contribution is 2.30. The number of hydrogen-bond acceptors (Lipinski definition) is 5. The Hall–Kier alpha value is -2.34. The first kappa shape index (κ1) is 19.0. The Labute approximate surface area is 152 Å². The number of benzene rings is 2. The van der Waals surface area contributed by atoms with Crippen LogP contribution < -0.4 is 20.5 Å². The largest absolute Gasteiger partial charge is 0.493 e. The number of nitrogens with one attached hydrogen (secondary N) is 1. The topological polar surface area (TPSA) is 73.6 Å². The number of anilines is 1. The van der Waals surface area contributed by atoms with Crippen molar-refractivity contribution in [2.24, 2.45) is 5.73 Å². The Balaban J connectivity index is 2.05. The van der Waals surface area contributed by atoms with E-state index < -0.39 is 0 Å². The van der Waals surface area contributed by atoms with Crippen LogP contribution in [0.5, 0.6) is 11.5 Å². The molecule has 0 radical (unpaired) electrons. The zero-order chi connectivity index (χ0) is 18.2. The molecule has 1 unspecified atom stereocenters. The van der Waals surface area contributed by atoms with Crippen LogP contribution in [0.15, 0.2) is 47.4 Å². The molecule has 0 heterocycles. The maximum absolute atomic E-state index is 11.0. The van der Waals surface area contributed by atoms with Gasteiger partial charge in [0, 0.05) is 16.6 Å². The van der Waals surface area contributed by atoms with E-state index in [0.717, 1.165) is 34.1 Å². The van der Waals surface area contributed by atoms with Crippen molar-refractivity contribution >= 4 is 23.4 Å². The number of amides is 1. The van der Waals surface area contributed by atoms with E-state index in [1.54, 1.807) is 14.2 Å². The predicted octanol–water partition coefficient (Wildman–Crippen LogP) is 3.32. The normalized spacial score (nSPS) is 11.6. The van der Waals surface area contributed by atoms with E-state index >= 15 is 0 Å². The van der Waals surface area contributed by atoms with Gasteiger partial charge in [-0.25, -0.2) is 0 Å². The van der Waals surface area contributed by atoms with Gasteiger partial charge in [0.05, 0.1) is 20.0 Å². The van der Waals surface area contributed by atoms with Crippen LogP contribution >= 0.6 is 11.8 Å². The highest BCUT2D eigenvalue weighted by Gasteiger charge is 2.10. The number of nitrogens with two attached hydrogens (primary N) is 1. The van der Waals surface area contributed by atoms with E-state index in [1.165, 1.54) is 11.8 Å². The quantitative estimate of drug-likeness (QED) is 0.671. The van der Waals surface area contributed by atoms with Crippen LogP contribution in [0, 0.1) is 0 Å². The number of thioether (sulfide) groups is 1. The van der Waals surface area contributed by atoms with Gasteiger partial charge >= 0.3 is 0 Å². The Bertz CT molecular complexity index is 722. The molecule has 0 aliphatic heterocycles. The SMILES string of the molecule is COc1ccc(CC(C)Nc2ccccc2SCC(N)=O)cc1OC. The molecular weight excluding hydrogens is 336 g/mol. The molecule has 134 valence electrons. The first-order chi connectivity index (χ1) is 12.0. The highest BCUT2D eigenvalue weighted by molar-refractivity contribution is 8.00. The van der Waals surface area contributed by atoms with E-state index in [4.69, 9.17) is 15.2 Å². The lowest BCUT2D eigenvalue weighted by atomic mass is 10.1. The Morgan fingerprint density at radius 3 is 2.56 bits per heavy atom. The molecule has 0 aliphatic carbocycles. The van der Waals surface area contributed by atoms with E-state index in [1.807, 2.05) is 42.5 Å². The van der Waals surface area contributed by atoms with Gasteiger partial charge in [0.25, 0.3) is 0 Å². The summed E-state index contributed by atoms with van der Waals surface area (Å²) >= 11 is 1.44. The first-order valence-electron chi connectivity index (χ1n) is 8.01. The van der Waals surface area contributed by atoms with Crippen molar-refractivity contribution in [2.45, 2.75) is 24.3 Å². The number of carbonyl (C=O) groups is 1. The zero-order valence-corrected chi connectivity index (χ0v) is 15.6. The summed E-state index contributed by atoms with van der Waals surface area (Å²) in [6.45, 7) is 2.12. The monoisotopic (exact) mass is 360 g/mol. The standard InChI is InChI=1S/C19H24N2O3S/c1-13(10-14-8-9-16(23-2)17(11-14)24-3)21-15-6-4-5-7-18(15)25-12-19(20)22/h4-9,11,13,21H,10,12H2,1-3H3,(H2,20,22). The van der Waals surface area contributed by atoms with Crippen LogP contribution in [0.2, 0.25) is 0 Å². The molecule has 0 saturated carbocycles. The van der Waals surface area contributed by atoms with Gasteiger partial charge in [0.15, 0.2) is 11.5 Å². The summed E-state index contributed by atoms with van der Waals surface area (Å²) in [6, 6.07) is 14.1. The molecule has 2 aromatic carbocycles. The molecule has 0 spiro atoms. The van der Waals surface area contributed by atoms with E-state index in [9.17, 15) is 4.79 Å². The molecule has 0 bridgehead atoms. The summed E-state index contributed by atoms with van der Waals surface area (Å²) in [5.74, 6) is 1.39. The third-order valence-corrected chi connectivity index (χ3v) is 4.74. The third kappa shape index (κ3) is 5.60. The number of hydrogen-bond donors (Lipinski definition) is 2. The van der Waals surface area contributed by atoms with Crippen molar-refractivity contribution < 1.29 is 14.3 Å². The fourth-order valence-electron chi connectivity index (χ4n) is 2.54. The lowest BCUT2D eigenvalue weighted by Gasteiger charge is -2.18. The summed E-state index contributed by atoms with van der Waals surface area (Å²) in [5.41, 5.74) is 7.40. The molecule has 3 N–H and O–H groups in total. The molecule has 5 nitrogen and oxygen atoms in total. The van der Waals surface area contributed by atoms with E-state index in [0.29, 0.717) is 0 Å². The average molecular weight is 360 g/mol. The second kappa shape index (κ2) is 9.22. The smallest absolute Gasteiger partial charge is 0.227 e. The van der Waals surface area contributed by atoms with Gasteiger partial charge < -0.3 is 20.5 Å². The number of carbonyl (C=O) groups excluding carboxylic acids is 1. The van der Waals surface area contributed by atoms with Crippen molar-refractivity contribution in [3.63, 3.8) is 0 Å². The van der Waals surface area contributed by atoms with Gasteiger partial charge in [-0.2, -0.15) is 0 Å². The maximum Gasteiger partial charge on any atom is 0.227 e. The molecule has 6 heteroatoms. The lowest BCUT2D eigenvalue weighted by Crippen LogP contribution is -2.19. The molecule has 0 saturated heterocycles. The Kier molecular flexibility index (Phi) is 7.01. The summed E-state index contributed by atoms with van der Waals surface area (Å²) in [7, 11) is 3.26. The van der Waals surface area contributed by atoms with Gasteiger partial charge in [-0.1, -0.05) is 18.2 Å². The van der Waals surface area contributed by atoms with Gasteiger partial charge in [-0.3, -0.25) is 4.79 Å². The van der Waals surface area contributed by atoms with Gasteiger partial charge in [0.2, 0.25) is 5.91 Å². The van der Waals surface area contributed by atoms with Crippen LogP contribution in [-0.2, 0) is 11.2 Å². The number of rotatable bonds is 9. The molecule has 0 aromatic heterocycles. The van der Waals surface area contributed by atoms with Crippen molar-refractivity contribution in [2.75, 3.05) is 25.3 Å². The minimum absolute atomic E-state index is 0.202. The Morgan fingerprint density at radius 1 is 1.16 bits per heavy atom. The van der Waals surface area contributed by atoms with Crippen molar-refractivity contribution in [3.8, 4) is 11.5 Å². The summed E-state index contributed by atoms with van der Waals surface area (Å²) in [4.78, 5) is 12.0. The van der Waals surface area contributed by atoms with Crippen LogP contribution in [-0.4, -0.2) is 31.9 Å². The predicted molar refractivity (Wildman–Crippen MR) is 103 cm³/mol. The zero-order valence-electron chi connectivity index (χ0n) is 14.7. The molecule has 1 amide bonds. The van der Waals surface area contributed by atoms with Gasteiger partial charge in [-0.05, 0) is 43.2 Å². The van der Waals surface area contributed by atoms with Crippen LogP contribution in [0.3, 0.4) is 0 Å². The second-order valence-electron chi connectivity index (χ2n) is 5.69. The molecular formula is C19H24N2O3S. The van der Waals surface area contributed by atoms with Gasteiger partial charge in [0.1, 0.15) is 0 Å². The van der Waals surface area contributed by atoms with Crippen LogP contribution in [0.1, 0.15) is 12.5 Å². The highest BCUT2D eigenvalue weighted by atomic mass is 32.2. The van der Waals surface area contributed by atoms with Crippen molar-refractivity contribution in [3.05, 3.63) is 48.0 Å². The molecule has 2 aromatic rings.